The zero-order chi connectivity index (χ0) is 17.3. The monoisotopic (exact) mass is 350 g/mol. The Morgan fingerprint density at radius 3 is 2.71 bits per heavy atom. The lowest BCUT2D eigenvalue weighted by Crippen LogP contribution is -2.36. The zero-order valence-electron chi connectivity index (χ0n) is 13.1. The molecule has 1 aromatic heterocycles. The maximum atomic E-state index is 12.5. The maximum Gasteiger partial charge on any atom is 0.311 e. The molecule has 2 aliphatic carbocycles. The number of carbonyl (C=O) groups excluding carboxylic acids is 2. The summed E-state index contributed by atoms with van der Waals surface area (Å²) < 4.78 is 4.86. The number of aliphatic carboxylic acids is 1. The van der Waals surface area contributed by atoms with Crippen molar-refractivity contribution in [2.45, 2.75) is 19.8 Å². The summed E-state index contributed by atoms with van der Waals surface area (Å²) in [5.41, 5.74) is 0.524. The number of carboxylic acids is 1. The number of carboxylic acid groups (broad SMARTS) is 1. The first-order valence-electron chi connectivity index (χ1n) is 7.81. The van der Waals surface area contributed by atoms with Crippen molar-refractivity contribution in [3.05, 3.63) is 23.2 Å². The Bertz CT molecular complexity index is 698. The van der Waals surface area contributed by atoms with E-state index in [0.29, 0.717) is 23.9 Å². The van der Waals surface area contributed by atoms with Crippen molar-refractivity contribution in [2.75, 3.05) is 11.9 Å². The molecule has 0 radical (unpaired) electrons. The van der Waals surface area contributed by atoms with Gasteiger partial charge in [0.25, 0.3) is 0 Å². The van der Waals surface area contributed by atoms with Gasteiger partial charge in [-0.1, -0.05) is 12.2 Å². The zero-order valence-corrected chi connectivity index (χ0v) is 13.9. The van der Waals surface area contributed by atoms with Crippen LogP contribution in [0.15, 0.2) is 17.5 Å². The van der Waals surface area contributed by atoms with Gasteiger partial charge < -0.3 is 15.2 Å². The van der Waals surface area contributed by atoms with Gasteiger partial charge in [0.2, 0.25) is 5.91 Å². The number of allylic oxidation sites excluding steroid dienone is 2. The average molecular weight is 350 g/mol. The molecule has 2 N–H and O–H groups in total. The van der Waals surface area contributed by atoms with Crippen LogP contribution in [0.5, 0.6) is 0 Å². The molecule has 2 aliphatic rings. The largest absolute Gasteiger partial charge is 0.481 e. The molecule has 7 nitrogen and oxygen atoms in total. The van der Waals surface area contributed by atoms with E-state index in [4.69, 9.17) is 4.74 Å². The number of nitrogens with one attached hydrogen (secondary N) is 1. The second kappa shape index (κ2) is 6.72. The van der Waals surface area contributed by atoms with E-state index in [1.54, 1.807) is 12.3 Å². The number of nitrogens with zero attached hydrogens (tertiary/aromatic N) is 1. The predicted octanol–water partition coefficient (Wildman–Crippen LogP) is 1.71. The van der Waals surface area contributed by atoms with Crippen LogP contribution in [-0.2, 0) is 25.5 Å². The quantitative estimate of drug-likeness (QED) is 0.598. The molecular formula is C16H18N2O5S. The normalized spacial score (nSPS) is 27.2. The van der Waals surface area contributed by atoms with E-state index in [0.717, 1.165) is 0 Å². The van der Waals surface area contributed by atoms with Gasteiger partial charge in [0.15, 0.2) is 5.13 Å². The molecule has 128 valence electrons. The van der Waals surface area contributed by atoms with E-state index in [2.05, 4.69) is 10.3 Å². The van der Waals surface area contributed by atoms with E-state index in [1.165, 1.54) is 11.3 Å². The van der Waals surface area contributed by atoms with E-state index in [-0.39, 0.29) is 30.1 Å². The van der Waals surface area contributed by atoms with Crippen LogP contribution in [0.3, 0.4) is 0 Å². The van der Waals surface area contributed by atoms with Gasteiger partial charge in [-0.3, -0.25) is 14.4 Å². The number of fused-ring (bicyclic) bond motifs is 2. The fourth-order valence-electron chi connectivity index (χ4n) is 3.51. The SMILES string of the molecule is CCOC(=O)Cc1csc(NC(=O)[C@@H]2[C@@H](C(=O)O)[C@H]3C=C[C@@H]2C3)n1. The molecule has 0 aliphatic heterocycles. The van der Waals surface area contributed by atoms with Crippen molar-refractivity contribution in [1.29, 1.82) is 0 Å². The number of hydrogen-bond donors (Lipinski definition) is 2. The Hall–Kier alpha value is -2.22. The number of thiazole rings is 1. The number of aromatic nitrogens is 1. The molecule has 1 aromatic rings. The fraction of sp³-hybridized carbons (Fsp3) is 0.500. The first-order valence-corrected chi connectivity index (χ1v) is 8.69. The van der Waals surface area contributed by atoms with Crippen LogP contribution in [0.2, 0.25) is 0 Å². The highest BCUT2D eigenvalue weighted by atomic mass is 32.1. The van der Waals surface area contributed by atoms with E-state index in [1.807, 2.05) is 12.2 Å². The predicted molar refractivity (Wildman–Crippen MR) is 86.4 cm³/mol. The molecule has 0 spiro atoms. The van der Waals surface area contributed by atoms with E-state index < -0.39 is 17.8 Å². The van der Waals surface area contributed by atoms with Crippen molar-refractivity contribution in [3.8, 4) is 0 Å². The van der Waals surface area contributed by atoms with Crippen LogP contribution >= 0.6 is 11.3 Å². The van der Waals surface area contributed by atoms with Gasteiger partial charge in [-0.15, -0.1) is 11.3 Å². The van der Waals surface area contributed by atoms with Gasteiger partial charge in [-0.05, 0) is 25.2 Å². The molecular weight excluding hydrogens is 332 g/mol. The molecule has 1 saturated carbocycles. The Kier molecular flexibility index (Phi) is 4.66. The van der Waals surface area contributed by atoms with E-state index in [9.17, 15) is 19.5 Å². The average Bonchev–Trinajstić information content (AvgIpc) is 3.22. The molecule has 2 bridgehead atoms. The number of carbonyl (C=O) groups is 3. The molecule has 8 heteroatoms. The van der Waals surface area contributed by atoms with Gasteiger partial charge in [-0.2, -0.15) is 0 Å². The van der Waals surface area contributed by atoms with Gasteiger partial charge in [0.1, 0.15) is 0 Å². The Labute approximate surface area is 142 Å². The molecule has 3 rings (SSSR count). The lowest BCUT2D eigenvalue weighted by atomic mass is 9.82. The summed E-state index contributed by atoms with van der Waals surface area (Å²) in [4.78, 5) is 39.6. The third kappa shape index (κ3) is 3.19. The molecule has 0 unspecified atom stereocenters. The smallest absolute Gasteiger partial charge is 0.311 e. The minimum absolute atomic E-state index is 0.0323. The molecule has 4 atom stereocenters. The topological polar surface area (TPSA) is 106 Å². The summed E-state index contributed by atoms with van der Waals surface area (Å²) in [6, 6.07) is 0. The molecule has 24 heavy (non-hydrogen) atoms. The van der Waals surface area contributed by atoms with Gasteiger partial charge in [-0.25, -0.2) is 4.98 Å². The number of amides is 1. The Morgan fingerprint density at radius 1 is 1.33 bits per heavy atom. The number of esters is 1. The second-order valence-corrected chi connectivity index (χ2v) is 6.81. The summed E-state index contributed by atoms with van der Waals surface area (Å²) in [5.74, 6) is -2.99. The lowest BCUT2D eigenvalue weighted by molar-refractivity contribution is -0.146. The highest BCUT2D eigenvalue weighted by Crippen LogP contribution is 2.48. The summed E-state index contributed by atoms with van der Waals surface area (Å²) in [5, 5.41) is 14.1. The number of anilines is 1. The van der Waals surface area contributed by atoms with Crippen molar-refractivity contribution in [3.63, 3.8) is 0 Å². The maximum absolute atomic E-state index is 12.5. The Balaban J connectivity index is 1.65. The molecule has 0 saturated heterocycles. The third-order valence-electron chi connectivity index (χ3n) is 4.46. The summed E-state index contributed by atoms with van der Waals surface area (Å²) in [7, 11) is 0. The fourth-order valence-corrected chi connectivity index (χ4v) is 4.22. The summed E-state index contributed by atoms with van der Waals surface area (Å²) in [6.07, 6.45) is 4.59. The Morgan fingerprint density at radius 2 is 2.04 bits per heavy atom. The second-order valence-electron chi connectivity index (χ2n) is 5.95. The highest BCUT2D eigenvalue weighted by molar-refractivity contribution is 7.13. The van der Waals surface area contributed by atoms with Crippen LogP contribution in [0.25, 0.3) is 0 Å². The summed E-state index contributed by atoms with van der Waals surface area (Å²) in [6.45, 7) is 2.04. The van der Waals surface area contributed by atoms with Crippen molar-refractivity contribution >= 4 is 34.3 Å². The van der Waals surface area contributed by atoms with Crippen LogP contribution < -0.4 is 5.32 Å². The first-order chi connectivity index (χ1) is 11.5. The molecule has 1 heterocycles. The molecule has 1 amide bonds. The van der Waals surface area contributed by atoms with E-state index >= 15 is 0 Å². The van der Waals surface area contributed by atoms with Crippen molar-refractivity contribution in [2.24, 2.45) is 23.7 Å². The first kappa shape index (κ1) is 16.6. The molecule has 0 aromatic carbocycles. The molecule has 1 fully saturated rings. The van der Waals surface area contributed by atoms with Crippen molar-refractivity contribution < 1.29 is 24.2 Å². The van der Waals surface area contributed by atoms with Crippen LogP contribution in [0.4, 0.5) is 5.13 Å². The van der Waals surface area contributed by atoms with Crippen molar-refractivity contribution in [1.82, 2.24) is 4.98 Å². The van der Waals surface area contributed by atoms with Gasteiger partial charge in [0, 0.05) is 5.38 Å². The van der Waals surface area contributed by atoms with Crippen LogP contribution in [0.1, 0.15) is 19.0 Å². The summed E-state index contributed by atoms with van der Waals surface area (Å²) >= 11 is 1.21. The van der Waals surface area contributed by atoms with Gasteiger partial charge >= 0.3 is 11.9 Å². The third-order valence-corrected chi connectivity index (χ3v) is 5.27. The standard InChI is InChI=1S/C16H18N2O5S/c1-2-23-11(19)6-10-7-24-16(17-10)18-14(20)12-8-3-4-9(5-8)13(12)15(21)22/h3-4,7-9,12-13H,2,5-6H2,1H3,(H,21,22)(H,17,18,20)/t8-,9+,12+,13+/m1/s1. The minimum atomic E-state index is -0.936. The van der Waals surface area contributed by atoms with Gasteiger partial charge in [0.05, 0.1) is 30.6 Å². The lowest BCUT2D eigenvalue weighted by Gasteiger charge is -2.23. The van der Waals surface area contributed by atoms with Crippen LogP contribution in [0, 0.1) is 23.7 Å². The van der Waals surface area contributed by atoms with Crippen LogP contribution in [-0.4, -0.2) is 34.5 Å². The minimum Gasteiger partial charge on any atom is -0.481 e. The number of ether oxygens (including phenoxy) is 1. The number of rotatable bonds is 6. The highest BCUT2D eigenvalue weighted by Gasteiger charge is 2.51. The number of hydrogen-bond acceptors (Lipinski definition) is 6.